The molecule has 2 atom stereocenters. The molecule has 8 nitrogen and oxygen atoms in total. The molecule has 0 saturated carbocycles. The van der Waals surface area contributed by atoms with Crippen molar-refractivity contribution in [2.75, 3.05) is 17.5 Å². The minimum Gasteiger partial charge on any atom is -0.494 e. The average Bonchev–Trinajstić information content (AvgIpc) is 3.06. The molecule has 0 fully saturated rings. The number of ether oxygens (including phenoxy) is 1. The van der Waals surface area contributed by atoms with Crippen LogP contribution in [0.3, 0.4) is 0 Å². The monoisotopic (exact) mass is 641 g/mol. The molecule has 4 aromatic rings. The number of nitrogens with one attached hydrogen (secondary N) is 1. The standard InChI is InChI=1S/C37H43N3O5S/c1-5-29(4)38-37(42)35(25-30-15-9-7-10-16-30)39(26-31-17-13-14-28(3)24-31)36(41)27-40(32-20-22-33(23-21-32)45-6-2)46(43,44)34-18-11-8-12-19-34/h7-24,29,35H,5-6,25-27H2,1-4H3,(H,38,42)/t29-,35+/m0/s1. The number of sulfonamides is 1. The Hall–Kier alpha value is -4.63. The Kier molecular flexibility index (Phi) is 12.0. The van der Waals surface area contributed by atoms with Gasteiger partial charge in [-0.15, -0.1) is 0 Å². The van der Waals surface area contributed by atoms with Gasteiger partial charge in [-0.05, 0) is 74.7 Å². The lowest BCUT2D eigenvalue weighted by Crippen LogP contribution is -2.54. The van der Waals surface area contributed by atoms with E-state index in [2.05, 4.69) is 5.32 Å². The van der Waals surface area contributed by atoms with Crippen LogP contribution in [0.25, 0.3) is 0 Å². The number of hydrogen-bond donors (Lipinski definition) is 1. The molecule has 9 heteroatoms. The molecule has 0 unspecified atom stereocenters. The Morgan fingerprint density at radius 1 is 0.826 bits per heavy atom. The van der Waals surface area contributed by atoms with Crippen molar-refractivity contribution in [2.24, 2.45) is 0 Å². The van der Waals surface area contributed by atoms with Gasteiger partial charge in [0.2, 0.25) is 11.8 Å². The highest BCUT2D eigenvalue weighted by Gasteiger charge is 2.35. The third-order valence-corrected chi connectivity index (χ3v) is 9.54. The van der Waals surface area contributed by atoms with Crippen LogP contribution in [-0.4, -0.2) is 50.4 Å². The summed E-state index contributed by atoms with van der Waals surface area (Å²) in [5.74, 6) is -0.215. The van der Waals surface area contributed by atoms with Gasteiger partial charge in [0, 0.05) is 19.0 Å². The Morgan fingerprint density at radius 3 is 2.07 bits per heavy atom. The zero-order chi connectivity index (χ0) is 33.1. The van der Waals surface area contributed by atoms with Crippen molar-refractivity contribution in [3.05, 3.63) is 126 Å². The van der Waals surface area contributed by atoms with Gasteiger partial charge >= 0.3 is 0 Å². The quantitative estimate of drug-likeness (QED) is 0.168. The summed E-state index contributed by atoms with van der Waals surface area (Å²) in [7, 11) is -4.17. The first kappa shape index (κ1) is 34.2. The van der Waals surface area contributed by atoms with Crippen molar-refractivity contribution in [3.63, 3.8) is 0 Å². The second kappa shape index (κ2) is 16.1. The Balaban J connectivity index is 1.80. The van der Waals surface area contributed by atoms with E-state index >= 15 is 0 Å². The van der Waals surface area contributed by atoms with Gasteiger partial charge in [0.05, 0.1) is 17.2 Å². The fourth-order valence-corrected chi connectivity index (χ4v) is 6.56. The predicted octanol–water partition coefficient (Wildman–Crippen LogP) is 6.14. The largest absolute Gasteiger partial charge is 0.494 e. The zero-order valence-electron chi connectivity index (χ0n) is 26.9. The minimum absolute atomic E-state index is 0.0530. The van der Waals surface area contributed by atoms with Crippen LogP contribution < -0.4 is 14.4 Å². The van der Waals surface area contributed by atoms with Crippen LogP contribution in [0.2, 0.25) is 0 Å². The van der Waals surface area contributed by atoms with Crippen LogP contribution in [0.4, 0.5) is 5.69 Å². The van der Waals surface area contributed by atoms with E-state index in [9.17, 15) is 18.0 Å². The second-order valence-corrected chi connectivity index (χ2v) is 13.1. The fourth-order valence-electron chi connectivity index (χ4n) is 5.13. The molecule has 0 aliphatic heterocycles. The van der Waals surface area contributed by atoms with Crippen LogP contribution in [0.1, 0.15) is 43.9 Å². The van der Waals surface area contributed by atoms with Crippen molar-refractivity contribution in [1.82, 2.24) is 10.2 Å². The Labute approximate surface area is 273 Å². The number of hydrogen-bond acceptors (Lipinski definition) is 5. The molecule has 0 bridgehead atoms. The highest BCUT2D eigenvalue weighted by molar-refractivity contribution is 7.92. The number of amides is 2. The highest BCUT2D eigenvalue weighted by Crippen LogP contribution is 2.27. The first-order valence-corrected chi connectivity index (χ1v) is 17.1. The predicted molar refractivity (Wildman–Crippen MR) is 182 cm³/mol. The van der Waals surface area contributed by atoms with Crippen LogP contribution >= 0.6 is 0 Å². The smallest absolute Gasteiger partial charge is 0.264 e. The summed E-state index contributed by atoms with van der Waals surface area (Å²) in [6.07, 6.45) is 0.978. The van der Waals surface area contributed by atoms with Crippen molar-refractivity contribution in [1.29, 1.82) is 0 Å². The number of benzene rings is 4. The van der Waals surface area contributed by atoms with Crippen LogP contribution in [0.15, 0.2) is 114 Å². The molecular formula is C37H43N3O5S. The molecule has 1 N–H and O–H groups in total. The molecule has 0 spiro atoms. The van der Waals surface area contributed by atoms with E-state index < -0.39 is 28.5 Å². The van der Waals surface area contributed by atoms with Gasteiger partial charge in [-0.1, -0.05) is 85.3 Å². The lowest BCUT2D eigenvalue weighted by atomic mass is 10.0. The van der Waals surface area contributed by atoms with Crippen molar-refractivity contribution in [2.45, 2.75) is 64.1 Å². The van der Waals surface area contributed by atoms with E-state index in [1.54, 1.807) is 42.5 Å². The number of carbonyl (C=O) groups excluding carboxylic acids is 2. The van der Waals surface area contributed by atoms with E-state index in [1.165, 1.54) is 17.0 Å². The highest BCUT2D eigenvalue weighted by atomic mass is 32.2. The second-order valence-electron chi connectivity index (χ2n) is 11.3. The third-order valence-electron chi connectivity index (χ3n) is 7.75. The number of anilines is 1. The van der Waals surface area contributed by atoms with Gasteiger partial charge in [-0.3, -0.25) is 13.9 Å². The molecule has 0 aliphatic rings. The van der Waals surface area contributed by atoms with E-state index in [-0.39, 0.29) is 29.8 Å². The lowest BCUT2D eigenvalue weighted by Gasteiger charge is -2.34. The number of carbonyl (C=O) groups is 2. The molecule has 46 heavy (non-hydrogen) atoms. The average molecular weight is 642 g/mol. The van der Waals surface area contributed by atoms with Crippen LogP contribution in [-0.2, 0) is 32.6 Å². The summed E-state index contributed by atoms with van der Waals surface area (Å²) in [6.45, 7) is 7.80. The Morgan fingerprint density at radius 2 is 1.46 bits per heavy atom. The molecule has 0 aliphatic carbocycles. The maximum Gasteiger partial charge on any atom is 0.264 e. The van der Waals surface area contributed by atoms with Crippen LogP contribution in [0.5, 0.6) is 5.75 Å². The zero-order valence-corrected chi connectivity index (χ0v) is 27.7. The molecule has 4 rings (SSSR count). The maximum atomic E-state index is 14.6. The lowest BCUT2D eigenvalue weighted by molar-refractivity contribution is -0.140. The topological polar surface area (TPSA) is 96.0 Å². The fraction of sp³-hybridized carbons (Fsp3) is 0.297. The summed E-state index contributed by atoms with van der Waals surface area (Å²) in [6, 6.07) is 30.9. The molecule has 0 aromatic heterocycles. The summed E-state index contributed by atoms with van der Waals surface area (Å²) < 4.78 is 34.9. The molecule has 0 heterocycles. The van der Waals surface area contributed by atoms with E-state index in [0.717, 1.165) is 27.4 Å². The van der Waals surface area contributed by atoms with Gasteiger partial charge < -0.3 is 15.0 Å². The SMILES string of the molecule is CCOc1ccc(N(CC(=O)N(Cc2cccc(C)c2)[C@H](Cc2ccccc2)C(=O)N[C@@H](C)CC)S(=O)(=O)c2ccccc2)cc1. The molecule has 0 radical (unpaired) electrons. The van der Waals surface area contributed by atoms with E-state index in [1.807, 2.05) is 82.3 Å². The summed E-state index contributed by atoms with van der Waals surface area (Å²) in [5.41, 5.74) is 3.03. The first-order chi connectivity index (χ1) is 22.1. The van der Waals surface area contributed by atoms with Gasteiger partial charge in [-0.25, -0.2) is 8.42 Å². The molecule has 242 valence electrons. The molecule has 2 amide bonds. The minimum atomic E-state index is -4.17. The number of aryl methyl sites for hydroxylation is 1. The maximum absolute atomic E-state index is 14.6. The summed E-state index contributed by atoms with van der Waals surface area (Å²) in [5, 5.41) is 3.06. The normalized spacial score (nSPS) is 12.5. The molecular weight excluding hydrogens is 598 g/mol. The van der Waals surface area contributed by atoms with Crippen molar-refractivity contribution >= 4 is 27.5 Å². The summed E-state index contributed by atoms with van der Waals surface area (Å²) >= 11 is 0. The molecule has 4 aromatic carbocycles. The molecule has 0 saturated heterocycles. The van der Waals surface area contributed by atoms with E-state index in [4.69, 9.17) is 4.74 Å². The number of nitrogens with zero attached hydrogens (tertiary/aromatic N) is 2. The number of rotatable bonds is 15. The first-order valence-electron chi connectivity index (χ1n) is 15.6. The van der Waals surface area contributed by atoms with Gasteiger partial charge in [0.15, 0.2) is 0 Å². The Bertz CT molecular complexity index is 1680. The van der Waals surface area contributed by atoms with Crippen molar-refractivity contribution in [3.8, 4) is 5.75 Å². The van der Waals surface area contributed by atoms with Crippen molar-refractivity contribution < 1.29 is 22.7 Å². The summed E-state index contributed by atoms with van der Waals surface area (Å²) in [4.78, 5) is 30.1. The van der Waals surface area contributed by atoms with Gasteiger partial charge in [0.1, 0.15) is 18.3 Å². The van der Waals surface area contributed by atoms with E-state index in [0.29, 0.717) is 18.0 Å². The third kappa shape index (κ3) is 8.97. The van der Waals surface area contributed by atoms with Crippen LogP contribution in [0, 0.1) is 6.92 Å². The van der Waals surface area contributed by atoms with Gasteiger partial charge in [-0.2, -0.15) is 0 Å². The van der Waals surface area contributed by atoms with Gasteiger partial charge in [0.25, 0.3) is 10.0 Å².